The molecule has 0 bridgehead atoms. The maximum absolute atomic E-state index is 2.45. The van der Waals surface area contributed by atoms with Gasteiger partial charge in [0, 0.05) is 5.92 Å². The maximum atomic E-state index is 2.45. The molecule has 0 saturated carbocycles. The van der Waals surface area contributed by atoms with E-state index in [2.05, 4.69) is 107 Å². The summed E-state index contributed by atoms with van der Waals surface area (Å²) in [5.41, 5.74) is 12.0. The fourth-order valence-electron chi connectivity index (χ4n) is 4.07. The van der Waals surface area contributed by atoms with E-state index in [9.17, 15) is 0 Å². The van der Waals surface area contributed by atoms with Gasteiger partial charge in [-0.1, -0.05) is 101 Å². The third-order valence-electron chi connectivity index (χ3n) is 5.62. The quantitative estimate of drug-likeness (QED) is 0.445. The van der Waals surface area contributed by atoms with Crippen LogP contribution in [-0.4, -0.2) is 0 Å². The highest BCUT2D eigenvalue weighted by atomic mass is 14.2. The second kappa shape index (κ2) is 7.64. The highest BCUT2D eigenvalue weighted by molar-refractivity contribution is 5.77. The van der Waals surface area contributed by atoms with E-state index >= 15 is 0 Å². The average Bonchev–Trinajstić information content (AvgIpc) is 2.68. The second-order valence-corrected chi connectivity index (χ2v) is 8.29. The number of aryl methyl sites for hydroxylation is 3. The van der Waals surface area contributed by atoms with Gasteiger partial charge in [-0.15, -0.1) is 0 Å². The summed E-state index contributed by atoms with van der Waals surface area (Å²) in [6.07, 6.45) is 5.88. The molecule has 1 atom stereocenters. The fraction of sp³-hybridized carbons (Fsp3) is 0.214. The van der Waals surface area contributed by atoms with E-state index in [1.807, 2.05) is 0 Å². The zero-order valence-corrected chi connectivity index (χ0v) is 17.3. The van der Waals surface area contributed by atoms with Gasteiger partial charge in [-0.3, -0.25) is 0 Å². The van der Waals surface area contributed by atoms with Crippen LogP contribution in [0.4, 0.5) is 0 Å². The van der Waals surface area contributed by atoms with Crippen LogP contribution >= 0.6 is 0 Å². The Balaban J connectivity index is 1.72. The average molecular weight is 365 g/mol. The van der Waals surface area contributed by atoms with Crippen molar-refractivity contribution in [2.24, 2.45) is 0 Å². The molecular weight excluding hydrogens is 336 g/mol. The van der Waals surface area contributed by atoms with Crippen molar-refractivity contribution in [3.8, 4) is 11.1 Å². The first kappa shape index (κ1) is 18.5. The predicted octanol–water partition coefficient (Wildman–Crippen LogP) is 7.80. The molecule has 3 aromatic rings. The molecule has 0 heterocycles. The fourth-order valence-corrected chi connectivity index (χ4v) is 4.07. The van der Waals surface area contributed by atoms with Crippen molar-refractivity contribution in [2.45, 2.75) is 40.0 Å². The smallest absolute Gasteiger partial charge is 0.00646 e. The van der Waals surface area contributed by atoms with E-state index in [-0.39, 0.29) is 0 Å². The molecule has 1 aliphatic carbocycles. The van der Waals surface area contributed by atoms with Gasteiger partial charge in [-0.2, -0.15) is 0 Å². The molecule has 0 spiro atoms. The van der Waals surface area contributed by atoms with Crippen LogP contribution in [0.2, 0.25) is 0 Å². The first-order valence-corrected chi connectivity index (χ1v) is 10.1. The first-order valence-electron chi connectivity index (χ1n) is 10.1. The van der Waals surface area contributed by atoms with E-state index in [4.69, 9.17) is 0 Å². The molecule has 3 aromatic carbocycles. The van der Waals surface area contributed by atoms with E-state index in [0.29, 0.717) is 5.92 Å². The topological polar surface area (TPSA) is 0 Å². The molecule has 0 amide bonds. The zero-order valence-electron chi connectivity index (χ0n) is 17.3. The number of allylic oxidation sites excluding steroid dienone is 4. The van der Waals surface area contributed by atoms with Crippen molar-refractivity contribution >= 4 is 5.57 Å². The van der Waals surface area contributed by atoms with Gasteiger partial charge in [-0.05, 0) is 61.9 Å². The van der Waals surface area contributed by atoms with Gasteiger partial charge >= 0.3 is 0 Å². The minimum Gasteiger partial charge on any atom is -0.0718 e. The Hall–Kier alpha value is -2.86. The Morgan fingerprint density at radius 1 is 0.607 bits per heavy atom. The summed E-state index contributed by atoms with van der Waals surface area (Å²) in [6, 6.07) is 24.7. The molecule has 0 N–H and O–H groups in total. The summed E-state index contributed by atoms with van der Waals surface area (Å²) in [5, 5.41) is 0. The lowest BCUT2D eigenvalue weighted by atomic mass is 9.82. The molecule has 0 nitrogen and oxygen atoms in total. The van der Waals surface area contributed by atoms with E-state index in [0.717, 1.165) is 6.42 Å². The Bertz CT molecular complexity index is 1040. The molecule has 0 aliphatic heterocycles. The predicted molar refractivity (Wildman–Crippen MR) is 122 cm³/mol. The molecule has 1 aliphatic rings. The molecular formula is C28H28. The monoisotopic (exact) mass is 364 g/mol. The highest BCUT2D eigenvalue weighted by Crippen LogP contribution is 2.36. The van der Waals surface area contributed by atoms with Crippen LogP contribution in [0.5, 0.6) is 0 Å². The lowest BCUT2D eigenvalue weighted by molar-refractivity contribution is 0.816. The highest BCUT2D eigenvalue weighted by Gasteiger charge is 2.17. The Kier molecular flexibility index (Phi) is 5.05. The Morgan fingerprint density at radius 3 is 1.86 bits per heavy atom. The maximum Gasteiger partial charge on any atom is 0.00646 e. The summed E-state index contributed by atoms with van der Waals surface area (Å²) in [7, 11) is 0. The minimum atomic E-state index is 0.422. The number of hydrogen-bond donors (Lipinski definition) is 0. The van der Waals surface area contributed by atoms with Crippen LogP contribution in [0.3, 0.4) is 0 Å². The summed E-state index contributed by atoms with van der Waals surface area (Å²) in [5.74, 6) is 0.422. The van der Waals surface area contributed by atoms with Crippen LogP contribution in [-0.2, 0) is 0 Å². The Labute approximate surface area is 169 Å². The molecule has 0 heteroatoms. The van der Waals surface area contributed by atoms with Crippen molar-refractivity contribution in [1.29, 1.82) is 0 Å². The minimum absolute atomic E-state index is 0.422. The number of hydrogen-bond acceptors (Lipinski definition) is 0. The molecule has 0 saturated heterocycles. The Morgan fingerprint density at radius 2 is 1.21 bits per heavy atom. The number of benzene rings is 3. The largest absolute Gasteiger partial charge is 0.0718 e. The molecule has 140 valence electrons. The molecule has 1 unspecified atom stereocenters. The van der Waals surface area contributed by atoms with Crippen LogP contribution < -0.4 is 0 Å². The van der Waals surface area contributed by atoms with Crippen LogP contribution in [0, 0.1) is 20.8 Å². The van der Waals surface area contributed by atoms with Gasteiger partial charge in [0.05, 0.1) is 0 Å². The van der Waals surface area contributed by atoms with Gasteiger partial charge in [0.2, 0.25) is 0 Å². The third kappa shape index (κ3) is 4.02. The van der Waals surface area contributed by atoms with Crippen LogP contribution in [0.25, 0.3) is 16.7 Å². The molecule has 0 aromatic heterocycles. The standard InChI is InChI=1S/C28H28/c1-19-5-9-23(10-6-19)25-13-21(3)15-27(17-25)28-16-22(4)14-26(18-28)24-11-7-20(2)8-12-24/h5-15,17-18,28H,16H2,1-4H3. The van der Waals surface area contributed by atoms with E-state index in [1.54, 1.807) is 0 Å². The van der Waals surface area contributed by atoms with Crippen LogP contribution in [0.1, 0.15) is 47.1 Å². The third-order valence-corrected chi connectivity index (χ3v) is 5.62. The van der Waals surface area contributed by atoms with Crippen molar-refractivity contribution in [2.75, 3.05) is 0 Å². The molecule has 0 radical (unpaired) electrons. The zero-order chi connectivity index (χ0) is 19.7. The van der Waals surface area contributed by atoms with Gasteiger partial charge in [-0.25, -0.2) is 0 Å². The van der Waals surface area contributed by atoms with Gasteiger partial charge < -0.3 is 0 Å². The van der Waals surface area contributed by atoms with Crippen molar-refractivity contribution in [1.82, 2.24) is 0 Å². The lowest BCUT2D eigenvalue weighted by Crippen LogP contribution is -2.03. The second-order valence-electron chi connectivity index (χ2n) is 8.29. The van der Waals surface area contributed by atoms with Gasteiger partial charge in [0.25, 0.3) is 0 Å². The summed E-state index contributed by atoms with van der Waals surface area (Å²) in [6.45, 7) is 8.74. The summed E-state index contributed by atoms with van der Waals surface area (Å²) >= 11 is 0. The normalized spacial score (nSPS) is 16.5. The SMILES string of the molecule is CC1=CC(c2ccc(C)cc2)=CC(c2cc(C)cc(-c3ccc(C)cc3)c2)C1. The lowest BCUT2D eigenvalue weighted by Gasteiger charge is -2.22. The van der Waals surface area contributed by atoms with Crippen molar-refractivity contribution in [3.05, 3.63) is 112 Å². The van der Waals surface area contributed by atoms with E-state index < -0.39 is 0 Å². The summed E-state index contributed by atoms with van der Waals surface area (Å²) in [4.78, 5) is 0. The van der Waals surface area contributed by atoms with Crippen molar-refractivity contribution in [3.63, 3.8) is 0 Å². The molecule has 28 heavy (non-hydrogen) atoms. The molecule has 4 rings (SSSR count). The molecule has 0 fully saturated rings. The van der Waals surface area contributed by atoms with Crippen molar-refractivity contribution < 1.29 is 0 Å². The first-order chi connectivity index (χ1) is 13.5. The number of rotatable bonds is 3. The van der Waals surface area contributed by atoms with Crippen LogP contribution in [0.15, 0.2) is 84.5 Å². The van der Waals surface area contributed by atoms with Gasteiger partial charge in [0.15, 0.2) is 0 Å². The summed E-state index contributed by atoms with van der Waals surface area (Å²) < 4.78 is 0. The van der Waals surface area contributed by atoms with E-state index in [1.165, 1.54) is 50.1 Å². The van der Waals surface area contributed by atoms with Gasteiger partial charge in [0.1, 0.15) is 0 Å².